The highest BCUT2D eigenvalue weighted by molar-refractivity contribution is 8.18. The largest absolute Gasteiger partial charge is 0.457 e. The van der Waals surface area contributed by atoms with Crippen molar-refractivity contribution >= 4 is 28.9 Å². The lowest BCUT2D eigenvalue weighted by molar-refractivity contribution is -0.115. The van der Waals surface area contributed by atoms with Crippen molar-refractivity contribution in [2.24, 2.45) is 4.99 Å². The fourth-order valence-corrected chi connectivity index (χ4v) is 3.05. The van der Waals surface area contributed by atoms with E-state index in [4.69, 9.17) is 10.00 Å². The number of nitrogens with zero attached hydrogens (tertiary/aromatic N) is 2. The number of aliphatic imine (C=N–C) groups is 1. The van der Waals surface area contributed by atoms with Crippen LogP contribution in [-0.4, -0.2) is 11.1 Å². The SMILES string of the molecule is Cc1cccc(Oc2ccc(C=C3SC(=NC#N)NC3=O)cc2)c1C. The van der Waals surface area contributed by atoms with E-state index in [1.807, 2.05) is 56.3 Å². The summed E-state index contributed by atoms with van der Waals surface area (Å²) in [6.45, 7) is 4.07. The van der Waals surface area contributed by atoms with E-state index in [9.17, 15) is 4.79 Å². The number of aryl methyl sites for hydroxylation is 1. The van der Waals surface area contributed by atoms with Crippen molar-refractivity contribution in [3.05, 3.63) is 64.1 Å². The van der Waals surface area contributed by atoms with Gasteiger partial charge in [0.05, 0.1) is 4.91 Å². The van der Waals surface area contributed by atoms with E-state index < -0.39 is 0 Å². The predicted octanol–water partition coefficient (Wildman–Crippen LogP) is 4.14. The molecule has 1 aliphatic rings. The van der Waals surface area contributed by atoms with Gasteiger partial charge in [-0.25, -0.2) is 0 Å². The van der Waals surface area contributed by atoms with Crippen LogP contribution in [0.1, 0.15) is 16.7 Å². The number of nitriles is 1. The zero-order chi connectivity index (χ0) is 17.8. The first-order valence-corrected chi connectivity index (χ1v) is 8.40. The van der Waals surface area contributed by atoms with Gasteiger partial charge < -0.3 is 4.74 Å². The molecular formula is C19H15N3O2S. The van der Waals surface area contributed by atoms with Gasteiger partial charge in [-0.3, -0.25) is 10.1 Å². The minimum atomic E-state index is -0.255. The number of carbonyl (C=O) groups excluding carboxylic acids is 1. The van der Waals surface area contributed by atoms with Crippen molar-refractivity contribution in [2.75, 3.05) is 0 Å². The van der Waals surface area contributed by atoms with Crippen LogP contribution in [0.25, 0.3) is 6.08 Å². The second kappa shape index (κ2) is 7.24. The first-order valence-electron chi connectivity index (χ1n) is 7.58. The summed E-state index contributed by atoms with van der Waals surface area (Å²) in [5.74, 6) is 1.30. The number of benzene rings is 2. The maximum Gasteiger partial charge on any atom is 0.264 e. The molecule has 0 bridgehead atoms. The molecule has 3 rings (SSSR count). The standard InChI is InChI=1S/C19H15N3O2S/c1-12-4-3-5-16(13(12)2)24-15-8-6-14(7-9-15)10-17-18(23)22-19(25-17)21-11-20/h3-10H,1-2H3,(H,21,22,23). The summed E-state index contributed by atoms with van der Waals surface area (Å²) in [6, 6.07) is 13.4. The number of hydrogen-bond acceptors (Lipinski definition) is 5. The molecule has 0 spiro atoms. The van der Waals surface area contributed by atoms with Gasteiger partial charge in [-0.05, 0) is 66.6 Å². The fourth-order valence-electron chi connectivity index (χ4n) is 2.27. The Morgan fingerprint density at radius 3 is 2.68 bits per heavy atom. The molecule has 124 valence electrons. The third kappa shape index (κ3) is 3.90. The number of rotatable bonds is 3. The van der Waals surface area contributed by atoms with Crippen molar-refractivity contribution in [1.29, 1.82) is 5.26 Å². The Morgan fingerprint density at radius 2 is 1.96 bits per heavy atom. The van der Waals surface area contributed by atoms with Crippen LogP contribution in [0, 0.1) is 25.3 Å². The minimum absolute atomic E-state index is 0.255. The molecule has 2 aromatic carbocycles. The minimum Gasteiger partial charge on any atom is -0.457 e. The van der Waals surface area contributed by atoms with Gasteiger partial charge in [0.25, 0.3) is 5.91 Å². The van der Waals surface area contributed by atoms with Gasteiger partial charge in [-0.15, -0.1) is 4.99 Å². The van der Waals surface area contributed by atoms with Crippen molar-refractivity contribution < 1.29 is 9.53 Å². The maximum atomic E-state index is 11.8. The van der Waals surface area contributed by atoms with Gasteiger partial charge >= 0.3 is 0 Å². The van der Waals surface area contributed by atoms with Crippen LogP contribution in [0.4, 0.5) is 0 Å². The first-order chi connectivity index (χ1) is 12.1. The average molecular weight is 349 g/mol. The first kappa shape index (κ1) is 16.8. The summed E-state index contributed by atoms with van der Waals surface area (Å²) >= 11 is 1.15. The summed E-state index contributed by atoms with van der Waals surface area (Å²) in [7, 11) is 0. The van der Waals surface area contributed by atoms with Gasteiger partial charge in [-0.2, -0.15) is 5.26 Å². The highest BCUT2D eigenvalue weighted by atomic mass is 32.2. The van der Waals surface area contributed by atoms with E-state index in [1.165, 1.54) is 5.56 Å². The molecule has 25 heavy (non-hydrogen) atoms. The molecule has 1 aliphatic heterocycles. The zero-order valence-electron chi connectivity index (χ0n) is 13.7. The Hall–Kier alpha value is -3.04. The van der Waals surface area contributed by atoms with Crippen LogP contribution in [0.15, 0.2) is 52.4 Å². The van der Waals surface area contributed by atoms with E-state index in [-0.39, 0.29) is 5.91 Å². The maximum absolute atomic E-state index is 11.8. The zero-order valence-corrected chi connectivity index (χ0v) is 14.6. The number of nitrogens with one attached hydrogen (secondary N) is 1. The molecule has 0 unspecified atom stereocenters. The highest BCUT2D eigenvalue weighted by Gasteiger charge is 2.23. The Balaban J connectivity index is 1.76. The molecule has 0 atom stereocenters. The van der Waals surface area contributed by atoms with Gasteiger partial charge in [0.15, 0.2) is 5.17 Å². The van der Waals surface area contributed by atoms with Crippen molar-refractivity contribution in [1.82, 2.24) is 5.32 Å². The van der Waals surface area contributed by atoms with E-state index in [2.05, 4.69) is 10.3 Å². The quantitative estimate of drug-likeness (QED) is 0.668. The average Bonchev–Trinajstić information content (AvgIpc) is 2.93. The number of hydrogen-bond donors (Lipinski definition) is 1. The third-order valence-electron chi connectivity index (χ3n) is 3.76. The molecule has 0 saturated carbocycles. The summed E-state index contributed by atoms with van der Waals surface area (Å²) in [5, 5.41) is 11.4. The third-order valence-corrected chi connectivity index (χ3v) is 4.67. The Labute approximate surface area is 150 Å². The lowest BCUT2D eigenvalue weighted by Crippen LogP contribution is -2.19. The Kier molecular flexibility index (Phi) is 4.87. The van der Waals surface area contributed by atoms with Crippen LogP contribution in [0.5, 0.6) is 11.5 Å². The summed E-state index contributed by atoms with van der Waals surface area (Å²) in [4.78, 5) is 15.9. The van der Waals surface area contributed by atoms with Gasteiger partial charge in [0, 0.05) is 0 Å². The molecule has 1 fully saturated rings. The molecule has 0 aliphatic carbocycles. The van der Waals surface area contributed by atoms with Gasteiger partial charge in [0.1, 0.15) is 11.5 Å². The van der Waals surface area contributed by atoms with E-state index >= 15 is 0 Å². The van der Waals surface area contributed by atoms with Crippen LogP contribution in [0.2, 0.25) is 0 Å². The van der Waals surface area contributed by atoms with E-state index in [0.29, 0.717) is 10.1 Å². The van der Waals surface area contributed by atoms with Crippen LogP contribution < -0.4 is 10.1 Å². The summed E-state index contributed by atoms with van der Waals surface area (Å²) in [5.41, 5.74) is 3.15. The number of amides is 1. The molecule has 0 radical (unpaired) electrons. The molecule has 6 heteroatoms. The van der Waals surface area contributed by atoms with Crippen LogP contribution >= 0.6 is 11.8 Å². The number of thioether (sulfide) groups is 1. The predicted molar refractivity (Wildman–Crippen MR) is 99.2 cm³/mol. The monoisotopic (exact) mass is 349 g/mol. The summed E-state index contributed by atoms with van der Waals surface area (Å²) < 4.78 is 5.92. The van der Waals surface area contributed by atoms with Crippen molar-refractivity contribution in [3.63, 3.8) is 0 Å². The normalized spacial score (nSPS) is 16.8. The van der Waals surface area contributed by atoms with Crippen molar-refractivity contribution in [2.45, 2.75) is 13.8 Å². The van der Waals surface area contributed by atoms with Gasteiger partial charge in [-0.1, -0.05) is 24.3 Å². The molecule has 1 heterocycles. The van der Waals surface area contributed by atoms with Crippen LogP contribution in [-0.2, 0) is 4.79 Å². The number of carbonyl (C=O) groups is 1. The fraction of sp³-hybridized carbons (Fsp3) is 0.105. The molecular weight excluding hydrogens is 334 g/mol. The van der Waals surface area contributed by atoms with E-state index in [0.717, 1.165) is 34.4 Å². The lowest BCUT2D eigenvalue weighted by Gasteiger charge is -2.10. The van der Waals surface area contributed by atoms with Crippen LogP contribution in [0.3, 0.4) is 0 Å². The molecule has 1 amide bonds. The lowest BCUT2D eigenvalue weighted by atomic mass is 10.1. The molecule has 5 nitrogen and oxygen atoms in total. The number of ether oxygens (including phenoxy) is 1. The van der Waals surface area contributed by atoms with Gasteiger partial charge in [0.2, 0.25) is 6.19 Å². The molecule has 2 aromatic rings. The molecule has 1 saturated heterocycles. The van der Waals surface area contributed by atoms with Crippen molar-refractivity contribution in [3.8, 4) is 17.7 Å². The topological polar surface area (TPSA) is 74.5 Å². The van der Waals surface area contributed by atoms with E-state index in [1.54, 1.807) is 12.3 Å². The molecule has 1 N–H and O–H groups in total. The Morgan fingerprint density at radius 1 is 1.20 bits per heavy atom. The summed E-state index contributed by atoms with van der Waals surface area (Å²) in [6.07, 6.45) is 3.41. The Bertz CT molecular complexity index is 925. The number of amidine groups is 1. The second-order valence-electron chi connectivity index (χ2n) is 5.45. The smallest absolute Gasteiger partial charge is 0.264 e. The second-order valence-corrected chi connectivity index (χ2v) is 6.48. The molecule has 0 aromatic heterocycles. The highest BCUT2D eigenvalue weighted by Crippen LogP contribution is 2.29.